The number of hydrogen-bond donors (Lipinski definition) is 0. The highest BCUT2D eigenvalue weighted by Gasteiger charge is 2.01. The molecule has 0 N–H and O–H groups in total. The Morgan fingerprint density at radius 3 is 3.00 bits per heavy atom. The van der Waals surface area contributed by atoms with Crippen molar-refractivity contribution in [3.63, 3.8) is 0 Å². The molecule has 2 heterocycles. The maximum atomic E-state index is 4.40. The number of aromatic nitrogens is 2. The highest BCUT2D eigenvalue weighted by Crippen LogP contribution is 2.22. The molecule has 0 spiro atoms. The van der Waals surface area contributed by atoms with Crippen molar-refractivity contribution in [1.82, 2.24) is 9.97 Å². The van der Waals surface area contributed by atoms with E-state index in [2.05, 4.69) is 9.97 Å². The van der Waals surface area contributed by atoms with Crippen molar-refractivity contribution in [2.75, 3.05) is 6.26 Å². The van der Waals surface area contributed by atoms with Crippen LogP contribution in [0.15, 0.2) is 34.8 Å². The van der Waals surface area contributed by atoms with E-state index >= 15 is 0 Å². The standard InChI is InChI=1S/C9H8N2S2/c1-12-8-4-5-10-9(11-8)7-3-2-6-13-7/h2-6H,1H3. The lowest BCUT2D eigenvalue weighted by Gasteiger charge is -1.97. The second-order valence-electron chi connectivity index (χ2n) is 2.40. The first-order chi connectivity index (χ1) is 6.40. The predicted molar refractivity (Wildman–Crippen MR) is 57.1 cm³/mol. The largest absolute Gasteiger partial charge is 0.236 e. The zero-order chi connectivity index (χ0) is 9.10. The second kappa shape index (κ2) is 3.89. The average molecular weight is 208 g/mol. The molecule has 0 unspecified atom stereocenters. The summed E-state index contributed by atoms with van der Waals surface area (Å²) >= 11 is 3.29. The van der Waals surface area contributed by atoms with Gasteiger partial charge in [-0.2, -0.15) is 0 Å². The summed E-state index contributed by atoms with van der Waals surface area (Å²) in [5, 5.41) is 3.04. The zero-order valence-corrected chi connectivity index (χ0v) is 8.73. The third-order valence-electron chi connectivity index (χ3n) is 1.58. The van der Waals surface area contributed by atoms with Crippen molar-refractivity contribution in [2.24, 2.45) is 0 Å². The maximum Gasteiger partial charge on any atom is 0.170 e. The zero-order valence-electron chi connectivity index (χ0n) is 7.10. The molecular weight excluding hydrogens is 200 g/mol. The lowest BCUT2D eigenvalue weighted by atomic mass is 10.4. The molecule has 0 bridgehead atoms. The predicted octanol–water partition coefficient (Wildman–Crippen LogP) is 2.93. The SMILES string of the molecule is CSc1ccnc(-c2cccs2)n1. The highest BCUT2D eigenvalue weighted by molar-refractivity contribution is 7.98. The van der Waals surface area contributed by atoms with Gasteiger partial charge in [0.15, 0.2) is 5.82 Å². The minimum Gasteiger partial charge on any atom is -0.236 e. The van der Waals surface area contributed by atoms with Crippen LogP contribution in [0.25, 0.3) is 10.7 Å². The summed E-state index contributed by atoms with van der Waals surface area (Å²) in [6.45, 7) is 0. The fourth-order valence-corrected chi connectivity index (χ4v) is 2.02. The van der Waals surface area contributed by atoms with Crippen LogP contribution < -0.4 is 0 Å². The molecule has 0 aromatic carbocycles. The minimum atomic E-state index is 0.821. The maximum absolute atomic E-state index is 4.40. The van der Waals surface area contributed by atoms with Gasteiger partial charge in [-0.3, -0.25) is 0 Å². The quantitative estimate of drug-likeness (QED) is 0.560. The Balaban J connectivity index is 2.41. The van der Waals surface area contributed by atoms with Gasteiger partial charge in [-0.15, -0.1) is 23.1 Å². The third kappa shape index (κ3) is 1.89. The molecular formula is C9H8N2S2. The molecule has 2 rings (SSSR count). The van der Waals surface area contributed by atoms with Crippen LogP contribution in [0.3, 0.4) is 0 Å². The molecule has 0 atom stereocenters. The van der Waals surface area contributed by atoms with Crippen LogP contribution >= 0.6 is 23.1 Å². The number of rotatable bonds is 2. The molecule has 0 fully saturated rings. The van der Waals surface area contributed by atoms with Gasteiger partial charge in [-0.25, -0.2) is 9.97 Å². The molecule has 0 saturated heterocycles. The minimum absolute atomic E-state index is 0.821. The average Bonchev–Trinajstić information content (AvgIpc) is 2.71. The first-order valence-electron chi connectivity index (χ1n) is 3.81. The third-order valence-corrected chi connectivity index (χ3v) is 3.09. The normalized spacial score (nSPS) is 10.2. The molecule has 0 amide bonds. The van der Waals surface area contributed by atoms with Crippen LogP contribution in [0, 0.1) is 0 Å². The van der Waals surface area contributed by atoms with E-state index in [4.69, 9.17) is 0 Å². The van der Waals surface area contributed by atoms with Crippen LogP contribution in [0.4, 0.5) is 0 Å². The first kappa shape index (κ1) is 8.72. The van der Waals surface area contributed by atoms with E-state index in [-0.39, 0.29) is 0 Å². The molecule has 0 radical (unpaired) electrons. The number of nitrogens with zero attached hydrogens (tertiary/aromatic N) is 2. The number of thioether (sulfide) groups is 1. The summed E-state index contributed by atoms with van der Waals surface area (Å²) in [6.07, 6.45) is 3.81. The number of hydrogen-bond acceptors (Lipinski definition) is 4. The lowest BCUT2D eigenvalue weighted by molar-refractivity contribution is 1.07. The molecule has 66 valence electrons. The second-order valence-corrected chi connectivity index (χ2v) is 4.17. The van der Waals surface area contributed by atoms with Gasteiger partial charge in [0.2, 0.25) is 0 Å². The summed E-state index contributed by atoms with van der Waals surface area (Å²) in [7, 11) is 0. The number of thiophene rings is 1. The van der Waals surface area contributed by atoms with Crippen molar-refractivity contribution in [1.29, 1.82) is 0 Å². The molecule has 0 aliphatic rings. The van der Waals surface area contributed by atoms with Crippen molar-refractivity contribution in [3.05, 3.63) is 29.8 Å². The summed E-state index contributed by atoms with van der Waals surface area (Å²) in [4.78, 5) is 9.73. The van der Waals surface area contributed by atoms with Crippen LogP contribution in [-0.2, 0) is 0 Å². The fourth-order valence-electron chi connectivity index (χ4n) is 0.980. The summed E-state index contributed by atoms with van der Waals surface area (Å²) in [5.74, 6) is 0.821. The van der Waals surface area contributed by atoms with E-state index in [0.717, 1.165) is 15.7 Å². The van der Waals surface area contributed by atoms with E-state index < -0.39 is 0 Å². The summed E-state index contributed by atoms with van der Waals surface area (Å²) < 4.78 is 0. The van der Waals surface area contributed by atoms with Crippen molar-refractivity contribution in [3.8, 4) is 10.7 Å². The Labute approximate surface area is 85.1 Å². The van der Waals surface area contributed by atoms with E-state index in [1.807, 2.05) is 29.8 Å². The Morgan fingerprint density at radius 2 is 2.31 bits per heavy atom. The van der Waals surface area contributed by atoms with Crippen molar-refractivity contribution >= 4 is 23.1 Å². The van der Waals surface area contributed by atoms with Gasteiger partial charge >= 0.3 is 0 Å². The van der Waals surface area contributed by atoms with Crippen LogP contribution in [0.2, 0.25) is 0 Å². The van der Waals surface area contributed by atoms with E-state index in [1.165, 1.54) is 0 Å². The molecule has 0 aliphatic heterocycles. The van der Waals surface area contributed by atoms with Gasteiger partial charge in [0.05, 0.1) is 9.90 Å². The van der Waals surface area contributed by atoms with E-state index in [1.54, 1.807) is 29.3 Å². The van der Waals surface area contributed by atoms with Gasteiger partial charge in [-0.05, 0) is 23.8 Å². The molecule has 2 aromatic rings. The molecule has 4 heteroatoms. The van der Waals surface area contributed by atoms with Gasteiger partial charge in [0, 0.05) is 6.20 Å². The molecule has 13 heavy (non-hydrogen) atoms. The van der Waals surface area contributed by atoms with Crippen LogP contribution in [0.5, 0.6) is 0 Å². The fraction of sp³-hybridized carbons (Fsp3) is 0.111. The van der Waals surface area contributed by atoms with Crippen LogP contribution in [-0.4, -0.2) is 16.2 Å². The van der Waals surface area contributed by atoms with Gasteiger partial charge in [0.25, 0.3) is 0 Å². The van der Waals surface area contributed by atoms with Crippen LogP contribution in [0.1, 0.15) is 0 Å². The first-order valence-corrected chi connectivity index (χ1v) is 5.91. The van der Waals surface area contributed by atoms with Crippen molar-refractivity contribution < 1.29 is 0 Å². The lowest BCUT2D eigenvalue weighted by Crippen LogP contribution is -1.86. The molecule has 0 saturated carbocycles. The van der Waals surface area contributed by atoms with Gasteiger partial charge in [0.1, 0.15) is 0 Å². The summed E-state index contributed by atoms with van der Waals surface area (Å²) in [5.41, 5.74) is 0. The highest BCUT2D eigenvalue weighted by atomic mass is 32.2. The molecule has 0 aliphatic carbocycles. The summed E-state index contributed by atoms with van der Waals surface area (Å²) in [6, 6.07) is 5.96. The van der Waals surface area contributed by atoms with Gasteiger partial charge < -0.3 is 0 Å². The smallest absolute Gasteiger partial charge is 0.170 e. The van der Waals surface area contributed by atoms with Crippen molar-refractivity contribution in [2.45, 2.75) is 5.03 Å². The van der Waals surface area contributed by atoms with E-state index in [9.17, 15) is 0 Å². The van der Waals surface area contributed by atoms with E-state index in [0.29, 0.717) is 0 Å². The monoisotopic (exact) mass is 208 g/mol. The van der Waals surface area contributed by atoms with Gasteiger partial charge in [-0.1, -0.05) is 6.07 Å². The molecule has 2 nitrogen and oxygen atoms in total. The Morgan fingerprint density at radius 1 is 1.38 bits per heavy atom. The molecule has 2 aromatic heterocycles. The Bertz CT molecular complexity index is 384. The Hall–Kier alpha value is -0.870. The topological polar surface area (TPSA) is 25.8 Å². The Kier molecular flexibility index (Phi) is 2.61.